The first-order chi connectivity index (χ1) is 4.81. The van der Waals surface area contributed by atoms with Crippen LogP contribution in [0.5, 0.6) is 0 Å². The second kappa shape index (κ2) is 6.31. The normalized spacial score (nSPS) is 12.0. The van der Waals surface area contributed by atoms with Crippen LogP contribution in [-0.2, 0) is 0 Å². The molecule has 0 aromatic rings. The second-order valence-corrected chi connectivity index (χ2v) is 2.21. The fourth-order valence-electron chi connectivity index (χ4n) is 0.675. The number of hydrogen-bond acceptors (Lipinski definition) is 2. The van der Waals surface area contributed by atoms with Crippen molar-refractivity contribution in [1.82, 2.24) is 0 Å². The van der Waals surface area contributed by atoms with Crippen LogP contribution >= 0.6 is 0 Å². The van der Waals surface area contributed by atoms with Crippen molar-refractivity contribution >= 4 is 0 Å². The van der Waals surface area contributed by atoms with E-state index in [1.807, 2.05) is 0 Å². The van der Waals surface area contributed by atoms with Crippen molar-refractivity contribution in [2.24, 2.45) is 0 Å². The Labute approximate surface area is 61.8 Å². The molecule has 1 N–H and O–H groups in total. The SMILES string of the molecule is C=CC(O)CCCCC#N. The topological polar surface area (TPSA) is 44.0 Å². The smallest absolute Gasteiger partial charge is 0.0718 e. The van der Waals surface area contributed by atoms with E-state index in [2.05, 4.69) is 12.6 Å². The average molecular weight is 139 g/mol. The summed E-state index contributed by atoms with van der Waals surface area (Å²) in [7, 11) is 0. The maximum atomic E-state index is 8.96. The molecular weight excluding hydrogens is 126 g/mol. The van der Waals surface area contributed by atoms with Gasteiger partial charge in [-0.15, -0.1) is 6.58 Å². The van der Waals surface area contributed by atoms with Crippen LogP contribution in [0.1, 0.15) is 25.7 Å². The number of nitriles is 1. The third kappa shape index (κ3) is 5.33. The standard InChI is InChI=1S/C8H13NO/c1-2-8(10)6-4-3-5-7-9/h2,8,10H,1,3-6H2. The zero-order valence-electron chi connectivity index (χ0n) is 6.08. The van der Waals surface area contributed by atoms with Gasteiger partial charge in [0.25, 0.3) is 0 Å². The molecule has 0 heterocycles. The van der Waals surface area contributed by atoms with Crippen molar-refractivity contribution in [2.45, 2.75) is 31.8 Å². The minimum absolute atomic E-state index is 0.390. The molecular formula is C8H13NO. The molecule has 1 atom stereocenters. The Kier molecular flexibility index (Phi) is 5.80. The van der Waals surface area contributed by atoms with Crippen LogP contribution in [0, 0.1) is 11.3 Å². The summed E-state index contributed by atoms with van der Waals surface area (Å²) in [5, 5.41) is 17.1. The van der Waals surface area contributed by atoms with Gasteiger partial charge in [-0.05, 0) is 19.3 Å². The Bertz CT molecular complexity index is 126. The van der Waals surface area contributed by atoms with Gasteiger partial charge in [0.1, 0.15) is 0 Å². The lowest BCUT2D eigenvalue weighted by molar-refractivity contribution is 0.209. The number of nitrogens with zero attached hydrogens (tertiary/aromatic N) is 1. The molecule has 10 heavy (non-hydrogen) atoms. The lowest BCUT2D eigenvalue weighted by Gasteiger charge is -2.01. The maximum absolute atomic E-state index is 8.96. The number of aliphatic hydroxyl groups excluding tert-OH is 1. The Morgan fingerprint density at radius 2 is 2.30 bits per heavy atom. The largest absolute Gasteiger partial charge is 0.389 e. The van der Waals surface area contributed by atoms with Crippen LogP contribution in [0.15, 0.2) is 12.7 Å². The number of unbranched alkanes of at least 4 members (excludes halogenated alkanes) is 2. The van der Waals surface area contributed by atoms with E-state index in [1.54, 1.807) is 0 Å². The van der Waals surface area contributed by atoms with E-state index in [0.717, 1.165) is 19.3 Å². The van der Waals surface area contributed by atoms with Gasteiger partial charge in [0, 0.05) is 6.42 Å². The second-order valence-electron chi connectivity index (χ2n) is 2.21. The third-order valence-corrected chi connectivity index (χ3v) is 1.31. The zero-order valence-corrected chi connectivity index (χ0v) is 6.08. The van der Waals surface area contributed by atoms with E-state index in [0.29, 0.717) is 6.42 Å². The van der Waals surface area contributed by atoms with E-state index in [9.17, 15) is 0 Å². The molecule has 0 aliphatic rings. The van der Waals surface area contributed by atoms with Crippen molar-refractivity contribution in [1.29, 1.82) is 5.26 Å². The average Bonchev–Trinajstić information content (AvgIpc) is 1.98. The van der Waals surface area contributed by atoms with Crippen molar-refractivity contribution in [2.75, 3.05) is 0 Å². The molecule has 0 rings (SSSR count). The molecule has 0 spiro atoms. The molecule has 0 saturated carbocycles. The van der Waals surface area contributed by atoms with E-state index < -0.39 is 6.10 Å². The number of aliphatic hydroxyl groups is 1. The lowest BCUT2D eigenvalue weighted by atomic mass is 10.1. The van der Waals surface area contributed by atoms with Gasteiger partial charge >= 0.3 is 0 Å². The summed E-state index contributed by atoms with van der Waals surface area (Å²) >= 11 is 0. The summed E-state index contributed by atoms with van der Waals surface area (Å²) in [5.41, 5.74) is 0. The van der Waals surface area contributed by atoms with Crippen LogP contribution in [0.4, 0.5) is 0 Å². The molecule has 0 fully saturated rings. The summed E-state index contributed by atoms with van der Waals surface area (Å²) < 4.78 is 0. The zero-order chi connectivity index (χ0) is 7.82. The minimum atomic E-state index is -0.390. The molecule has 0 aliphatic carbocycles. The summed E-state index contributed by atoms with van der Waals surface area (Å²) in [5.74, 6) is 0. The van der Waals surface area contributed by atoms with Gasteiger partial charge in [0.05, 0.1) is 12.2 Å². The van der Waals surface area contributed by atoms with Crippen LogP contribution in [0.25, 0.3) is 0 Å². The van der Waals surface area contributed by atoms with E-state index >= 15 is 0 Å². The quantitative estimate of drug-likeness (QED) is 0.464. The van der Waals surface area contributed by atoms with Gasteiger partial charge in [-0.1, -0.05) is 6.08 Å². The highest BCUT2D eigenvalue weighted by atomic mass is 16.3. The first kappa shape index (κ1) is 9.19. The highest BCUT2D eigenvalue weighted by molar-refractivity contribution is 4.78. The first-order valence-corrected chi connectivity index (χ1v) is 3.49. The minimum Gasteiger partial charge on any atom is -0.389 e. The Morgan fingerprint density at radius 3 is 2.80 bits per heavy atom. The van der Waals surface area contributed by atoms with E-state index in [4.69, 9.17) is 10.4 Å². The Hall–Kier alpha value is -0.810. The molecule has 0 aromatic carbocycles. The molecule has 0 amide bonds. The van der Waals surface area contributed by atoms with Gasteiger partial charge < -0.3 is 5.11 Å². The fraction of sp³-hybridized carbons (Fsp3) is 0.625. The lowest BCUT2D eigenvalue weighted by Crippen LogP contribution is -1.99. The van der Waals surface area contributed by atoms with Crippen molar-refractivity contribution in [3.05, 3.63) is 12.7 Å². The number of rotatable bonds is 5. The Balaban J connectivity index is 3.05. The monoisotopic (exact) mass is 139 g/mol. The van der Waals surface area contributed by atoms with E-state index in [1.165, 1.54) is 6.08 Å². The predicted molar refractivity (Wildman–Crippen MR) is 40.3 cm³/mol. The van der Waals surface area contributed by atoms with Crippen molar-refractivity contribution in [3.63, 3.8) is 0 Å². The molecule has 56 valence electrons. The van der Waals surface area contributed by atoms with Crippen molar-refractivity contribution < 1.29 is 5.11 Å². The van der Waals surface area contributed by atoms with Gasteiger partial charge in [-0.3, -0.25) is 0 Å². The van der Waals surface area contributed by atoms with Crippen LogP contribution in [0.3, 0.4) is 0 Å². The summed E-state index contributed by atoms with van der Waals surface area (Å²) in [6.07, 6.45) is 4.22. The van der Waals surface area contributed by atoms with Gasteiger partial charge in [0.2, 0.25) is 0 Å². The van der Waals surface area contributed by atoms with Crippen LogP contribution < -0.4 is 0 Å². The molecule has 0 saturated heterocycles. The van der Waals surface area contributed by atoms with Crippen molar-refractivity contribution in [3.8, 4) is 6.07 Å². The molecule has 0 aliphatic heterocycles. The van der Waals surface area contributed by atoms with Gasteiger partial charge in [-0.25, -0.2) is 0 Å². The molecule has 2 nitrogen and oxygen atoms in total. The van der Waals surface area contributed by atoms with Gasteiger partial charge in [0.15, 0.2) is 0 Å². The predicted octanol–water partition coefficient (Wildman–Crippen LogP) is 1.62. The molecule has 0 bridgehead atoms. The number of hydrogen-bond donors (Lipinski definition) is 1. The highest BCUT2D eigenvalue weighted by Gasteiger charge is 1.95. The molecule has 2 heteroatoms. The highest BCUT2D eigenvalue weighted by Crippen LogP contribution is 2.02. The van der Waals surface area contributed by atoms with Crippen LogP contribution in [0.2, 0.25) is 0 Å². The summed E-state index contributed by atoms with van der Waals surface area (Å²) in [6.45, 7) is 3.44. The summed E-state index contributed by atoms with van der Waals surface area (Å²) in [4.78, 5) is 0. The van der Waals surface area contributed by atoms with E-state index in [-0.39, 0.29) is 0 Å². The maximum Gasteiger partial charge on any atom is 0.0718 e. The van der Waals surface area contributed by atoms with Gasteiger partial charge in [-0.2, -0.15) is 5.26 Å². The fourth-order valence-corrected chi connectivity index (χ4v) is 0.675. The summed E-state index contributed by atoms with van der Waals surface area (Å²) in [6, 6.07) is 2.05. The molecule has 0 radical (unpaired) electrons. The third-order valence-electron chi connectivity index (χ3n) is 1.31. The molecule has 1 unspecified atom stereocenters. The molecule has 0 aromatic heterocycles. The Morgan fingerprint density at radius 1 is 1.60 bits per heavy atom. The van der Waals surface area contributed by atoms with Crippen LogP contribution in [-0.4, -0.2) is 11.2 Å². The first-order valence-electron chi connectivity index (χ1n) is 3.49.